The second kappa shape index (κ2) is 13.7. The van der Waals surface area contributed by atoms with Gasteiger partial charge in [0.1, 0.15) is 0 Å². The van der Waals surface area contributed by atoms with Crippen LogP contribution < -0.4 is 0 Å². The van der Waals surface area contributed by atoms with Crippen molar-refractivity contribution in [2.45, 2.75) is 61.9 Å². The lowest BCUT2D eigenvalue weighted by Crippen LogP contribution is -2.67. The number of carbonyl (C=O) groups is 1. The van der Waals surface area contributed by atoms with Gasteiger partial charge in [0.15, 0.2) is 0 Å². The van der Waals surface area contributed by atoms with E-state index in [1.54, 1.807) is 0 Å². The Morgan fingerprint density at radius 1 is 0.891 bits per heavy atom. The van der Waals surface area contributed by atoms with Gasteiger partial charge in [0.05, 0.1) is 17.1 Å². The van der Waals surface area contributed by atoms with Gasteiger partial charge < -0.3 is 10.2 Å². The number of aliphatic carboxylic acids is 1. The van der Waals surface area contributed by atoms with E-state index in [1.165, 1.54) is 27.6 Å². The molecule has 2 N–H and O–H groups in total. The highest BCUT2D eigenvalue weighted by Gasteiger charge is 2.51. The number of rotatable bonds is 5. The molecule has 14 heteroatoms. The maximum absolute atomic E-state index is 13.7. The molecule has 0 unspecified atom stereocenters. The summed E-state index contributed by atoms with van der Waals surface area (Å²) in [5.74, 6) is -2.90. The zero-order valence-electron chi connectivity index (χ0n) is 25.0. The number of hydrogen-bond acceptors (Lipinski definition) is 5. The summed E-state index contributed by atoms with van der Waals surface area (Å²) < 4.78 is 101. The summed E-state index contributed by atoms with van der Waals surface area (Å²) >= 11 is 0. The third kappa shape index (κ3) is 7.40. The molecule has 3 aromatic rings. The van der Waals surface area contributed by atoms with Crippen LogP contribution in [0.15, 0.2) is 71.6 Å². The van der Waals surface area contributed by atoms with Gasteiger partial charge in [-0.2, -0.15) is 30.6 Å². The Morgan fingerprint density at radius 3 is 2.09 bits per heavy atom. The van der Waals surface area contributed by atoms with Gasteiger partial charge in [-0.05, 0) is 73.2 Å². The van der Waals surface area contributed by atoms with E-state index in [0.29, 0.717) is 19.4 Å². The molecule has 3 aromatic carbocycles. The lowest BCUT2D eigenvalue weighted by atomic mass is 9.74. The number of sulfonamides is 1. The minimum Gasteiger partial charge on any atom is -0.475 e. The average molecular weight is 673 g/mol. The maximum Gasteiger partial charge on any atom is 0.490 e. The summed E-state index contributed by atoms with van der Waals surface area (Å²) in [7, 11) is -4.40. The first kappa shape index (κ1) is 35.4. The van der Waals surface area contributed by atoms with E-state index in [4.69, 9.17) is 9.90 Å². The van der Waals surface area contributed by atoms with Crippen LogP contribution in [0.4, 0.5) is 26.3 Å². The number of nitrogens with zero attached hydrogens (tertiary/aromatic N) is 2. The van der Waals surface area contributed by atoms with Gasteiger partial charge in [0.2, 0.25) is 10.0 Å². The predicted molar refractivity (Wildman–Crippen MR) is 159 cm³/mol. The van der Waals surface area contributed by atoms with Crippen molar-refractivity contribution in [3.05, 3.63) is 89.0 Å². The number of alkyl halides is 6. The van der Waals surface area contributed by atoms with E-state index in [1.807, 2.05) is 30.3 Å². The summed E-state index contributed by atoms with van der Waals surface area (Å²) in [4.78, 5) is 10.3. The molecule has 0 bridgehead atoms. The Hall–Kier alpha value is -3.46. The van der Waals surface area contributed by atoms with Crippen molar-refractivity contribution < 1.29 is 49.8 Å². The van der Waals surface area contributed by atoms with Crippen molar-refractivity contribution in [1.29, 1.82) is 0 Å². The zero-order valence-corrected chi connectivity index (χ0v) is 25.8. The van der Waals surface area contributed by atoms with Crippen LogP contribution in [0.25, 0.3) is 11.1 Å². The standard InChI is InChI=1S/C30H33F3N2O3S.C2HF3O2/c1-20-8-7-9-24(21(20)2)22-12-14-23(15-13-22)29-26-18-34(16-5-6-17-35(26)27(29)19-36)39(37,38)28-11-4-3-10-25(28)30(31,32)33;3-2(4,5)1(6)7/h3-4,7-15,26-27,29,36H,5-6,16-19H2,1-2H3;(H,6,7)/t26-,27+,29-;/m0./s1. The van der Waals surface area contributed by atoms with E-state index in [9.17, 15) is 39.9 Å². The number of aryl methyl sites for hydroxylation is 1. The minimum atomic E-state index is -5.08. The number of aliphatic hydroxyl groups excluding tert-OH is 1. The average Bonchev–Trinajstić information content (AvgIpc) is 2.97. The molecule has 2 fully saturated rings. The molecule has 250 valence electrons. The predicted octanol–water partition coefficient (Wildman–Crippen LogP) is 6.24. The highest BCUT2D eigenvalue weighted by atomic mass is 32.2. The fourth-order valence-electron chi connectivity index (χ4n) is 6.14. The minimum absolute atomic E-state index is 0.0639. The van der Waals surface area contributed by atoms with Gasteiger partial charge in [0, 0.05) is 31.1 Å². The molecule has 0 aliphatic carbocycles. The fourth-order valence-corrected chi connectivity index (χ4v) is 7.85. The number of aliphatic hydroxyl groups is 1. The Labute approximate surface area is 263 Å². The second-order valence-electron chi connectivity index (χ2n) is 11.3. The van der Waals surface area contributed by atoms with E-state index < -0.39 is 38.8 Å². The first-order valence-electron chi connectivity index (χ1n) is 14.5. The molecule has 0 amide bonds. The Kier molecular flexibility index (Phi) is 10.6. The summed E-state index contributed by atoms with van der Waals surface area (Å²) in [6.07, 6.45) is -8.64. The van der Waals surface area contributed by atoms with Crippen molar-refractivity contribution in [1.82, 2.24) is 9.21 Å². The second-order valence-corrected chi connectivity index (χ2v) is 13.2. The number of carboxylic acids is 1. The van der Waals surface area contributed by atoms with Crippen LogP contribution >= 0.6 is 0 Å². The van der Waals surface area contributed by atoms with Crippen molar-refractivity contribution in [3.63, 3.8) is 0 Å². The number of fused-ring (bicyclic) bond motifs is 1. The molecule has 7 nitrogen and oxygen atoms in total. The molecular weight excluding hydrogens is 638 g/mol. The number of halogens is 6. The molecule has 46 heavy (non-hydrogen) atoms. The lowest BCUT2D eigenvalue weighted by Gasteiger charge is -2.57. The quantitative estimate of drug-likeness (QED) is 0.312. The molecule has 2 aliphatic rings. The third-order valence-electron chi connectivity index (χ3n) is 8.60. The molecule has 0 aromatic heterocycles. The van der Waals surface area contributed by atoms with E-state index in [0.717, 1.165) is 28.8 Å². The normalized spacial score (nSPS) is 21.2. The fraction of sp³-hybridized carbons (Fsp3) is 0.406. The van der Waals surface area contributed by atoms with E-state index in [2.05, 4.69) is 30.9 Å². The first-order chi connectivity index (χ1) is 21.5. The summed E-state index contributed by atoms with van der Waals surface area (Å²) in [5.41, 5.74) is 4.45. The number of carboxylic acid groups (broad SMARTS) is 1. The Morgan fingerprint density at radius 2 is 1.50 bits per heavy atom. The first-order valence-corrected chi connectivity index (χ1v) is 15.9. The van der Waals surface area contributed by atoms with Crippen LogP contribution in [0, 0.1) is 13.8 Å². The van der Waals surface area contributed by atoms with Crippen LogP contribution in [-0.2, 0) is 21.0 Å². The van der Waals surface area contributed by atoms with Crippen molar-refractivity contribution in [3.8, 4) is 11.1 Å². The Bertz CT molecular complexity index is 1640. The molecule has 2 heterocycles. The van der Waals surface area contributed by atoms with Gasteiger partial charge in [-0.25, -0.2) is 13.2 Å². The number of benzene rings is 3. The van der Waals surface area contributed by atoms with Crippen LogP contribution in [0.2, 0.25) is 0 Å². The molecule has 0 saturated carbocycles. The largest absolute Gasteiger partial charge is 0.490 e. The Balaban J connectivity index is 0.000000617. The third-order valence-corrected chi connectivity index (χ3v) is 10.5. The highest BCUT2D eigenvalue weighted by molar-refractivity contribution is 7.89. The maximum atomic E-state index is 13.7. The highest BCUT2D eigenvalue weighted by Crippen LogP contribution is 2.44. The smallest absolute Gasteiger partial charge is 0.475 e. The van der Waals surface area contributed by atoms with Gasteiger partial charge in [-0.15, -0.1) is 0 Å². The topological polar surface area (TPSA) is 98.2 Å². The zero-order chi connectivity index (χ0) is 34.0. The summed E-state index contributed by atoms with van der Waals surface area (Å²) in [5, 5.41) is 17.4. The molecule has 2 aliphatic heterocycles. The summed E-state index contributed by atoms with van der Waals surface area (Å²) in [6.45, 7) is 5.01. The van der Waals surface area contributed by atoms with Crippen molar-refractivity contribution in [2.75, 3.05) is 26.2 Å². The molecule has 0 radical (unpaired) electrons. The lowest BCUT2D eigenvalue weighted by molar-refractivity contribution is -0.192. The SMILES string of the molecule is Cc1cccc(-c2ccc([C@@H]3[C@@H](CO)N4CCCCN(S(=O)(=O)c5ccccc5C(F)(F)F)C[C@@H]34)cc2)c1C.O=C(O)C(F)(F)F. The van der Waals surface area contributed by atoms with E-state index >= 15 is 0 Å². The van der Waals surface area contributed by atoms with Crippen LogP contribution in [0.1, 0.15) is 41.0 Å². The van der Waals surface area contributed by atoms with Gasteiger partial charge in [-0.1, -0.05) is 54.6 Å². The van der Waals surface area contributed by atoms with Crippen molar-refractivity contribution in [2.24, 2.45) is 0 Å². The van der Waals surface area contributed by atoms with Gasteiger partial charge in [-0.3, -0.25) is 4.90 Å². The van der Waals surface area contributed by atoms with Gasteiger partial charge >= 0.3 is 18.3 Å². The molecular formula is C32H34F6N2O5S. The van der Waals surface area contributed by atoms with Crippen molar-refractivity contribution >= 4 is 16.0 Å². The van der Waals surface area contributed by atoms with Crippen LogP contribution in [0.5, 0.6) is 0 Å². The van der Waals surface area contributed by atoms with Crippen LogP contribution in [-0.4, -0.2) is 78.3 Å². The molecule has 5 rings (SSSR count). The monoisotopic (exact) mass is 672 g/mol. The number of hydrogen-bond donors (Lipinski definition) is 2. The molecule has 2 saturated heterocycles. The van der Waals surface area contributed by atoms with E-state index in [-0.39, 0.29) is 37.7 Å². The summed E-state index contributed by atoms with van der Waals surface area (Å²) in [6, 6.07) is 18.3. The van der Waals surface area contributed by atoms with Crippen LogP contribution in [0.3, 0.4) is 0 Å². The molecule has 0 spiro atoms. The van der Waals surface area contributed by atoms with Gasteiger partial charge in [0.25, 0.3) is 0 Å². The molecule has 3 atom stereocenters.